The molecule has 3 rings (SSSR count). The van der Waals surface area contributed by atoms with E-state index >= 15 is 0 Å². The lowest BCUT2D eigenvalue weighted by molar-refractivity contribution is -0.898. The van der Waals surface area contributed by atoms with Gasteiger partial charge in [0.05, 0.1) is 51.4 Å². The monoisotopic (exact) mass is 526 g/mol. The first-order valence-corrected chi connectivity index (χ1v) is 14.8. The summed E-state index contributed by atoms with van der Waals surface area (Å²) in [6.45, 7) is 12.4. The van der Waals surface area contributed by atoms with Crippen LogP contribution in [-0.2, 0) is 0 Å². The molecule has 0 radical (unpaired) electrons. The predicted octanol–water partition coefficient (Wildman–Crippen LogP) is 2.58. The number of fused-ring (bicyclic) bond motifs is 2. The van der Waals surface area contributed by atoms with E-state index in [9.17, 15) is 9.59 Å². The summed E-state index contributed by atoms with van der Waals surface area (Å²) in [6.07, 6.45) is 4.67. The summed E-state index contributed by atoms with van der Waals surface area (Å²) in [5, 5.41) is 3.41. The number of carbonyl (C=O) groups is 2. The number of quaternary nitrogens is 2. The summed E-state index contributed by atoms with van der Waals surface area (Å²) in [5.41, 5.74) is 8.80. The maximum Gasteiger partial charge on any atom is 0.196 e. The molecule has 37 heavy (non-hydrogen) atoms. The molecule has 1 aliphatic rings. The Morgan fingerprint density at radius 2 is 1.41 bits per heavy atom. The topological polar surface area (TPSA) is 81.1 Å². The van der Waals surface area contributed by atoms with Crippen molar-refractivity contribution in [3.8, 4) is 0 Å². The second kappa shape index (κ2) is 13.4. The van der Waals surface area contributed by atoms with E-state index in [0.29, 0.717) is 38.4 Å². The number of hydrogen-bond acceptors (Lipinski definition) is 5. The van der Waals surface area contributed by atoms with Crippen LogP contribution < -0.4 is 20.9 Å². The standard InChI is InChI=1S/C30H44N4O2S/c1-6-30(3,7-2)37-21-20-34(5)19-11-18-33(4)17-10-16-32-25-15-14-24(31)26-27(25)29(36)23-13-9-8-12-22(23)28(26)35/h8-9,12-15,32H,6-7,10-11,16-21,31H2,1-5H3/p+2. The van der Waals surface area contributed by atoms with Crippen LogP contribution in [0.5, 0.6) is 0 Å². The molecule has 2 atom stereocenters. The summed E-state index contributed by atoms with van der Waals surface area (Å²) in [7, 11) is 4.57. The van der Waals surface area contributed by atoms with Gasteiger partial charge in [-0.3, -0.25) is 9.59 Å². The van der Waals surface area contributed by atoms with Crippen LogP contribution in [0.4, 0.5) is 11.4 Å². The number of rotatable bonds is 15. The molecule has 0 fully saturated rings. The van der Waals surface area contributed by atoms with Crippen molar-refractivity contribution < 1.29 is 19.4 Å². The second-order valence-corrected chi connectivity index (χ2v) is 12.4. The Hall–Kier alpha value is -2.35. The highest BCUT2D eigenvalue weighted by Gasteiger charge is 2.33. The van der Waals surface area contributed by atoms with Gasteiger partial charge in [-0.25, -0.2) is 0 Å². The van der Waals surface area contributed by atoms with E-state index in [-0.39, 0.29) is 11.6 Å². The molecule has 0 amide bonds. The van der Waals surface area contributed by atoms with E-state index in [1.165, 1.54) is 43.0 Å². The van der Waals surface area contributed by atoms with Crippen molar-refractivity contribution >= 4 is 34.7 Å². The van der Waals surface area contributed by atoms with E-state index in [1.807, 2.05) is 6.07 Å². The van der Waals surface area contributed by atoms with Crippen LogP contribution in [0, 0.1) is 0 Å². The third-order valence-corrected chi connectivity index (χ3v) is 9.57. The maximum atomic E-state index is 13.2. The lowest BCUT2D eigenvalue weighted by atomic mass is 9.82. The van der Waals surface area contributed by atoms with E-state index in [1.54, 1.807) is 35.2 Å². The molecule has 2 unspecified atom stereocenters. The van der Waals surface area contributed by atoms with Crippen LogP contribution in [0.2, 0.25) is 0 Å². The van der Waals surface area contributed by atoms with Gasteiger partial charge in [-0.15, -0.1) is 11.8 Å². The number of carbonyl (C=O) groups excluding carboxylic acids is 2. The zero-order chi connectivity index (χ0) is 27.0. The minimum absolute atomic E-state index is 0.137. The number of benzene rings is 2. The first-order valence-electron chi connectivity index (χ1n) is 13.8. The highest BCUT2D eigenvalue weighted by molar-refractivity contribution is 8.00. The predicted molar refractivity (Wildman–Crippen MR) is 157 cm³/mol. The zero-order valence-electron chi connectivity index (χ0n) is 23.3. The van der Waals surface area contributed by atoms with Crippen molar-refractivity contribution in [3.63, 3.8) is 0 Å². The smallest absolute Gasteiger partial charge is 0.196 e. The van der Waals surface area contributed by atoms with Crippen molar-refractivity contribution in [2.24, 2.45) is 0 Å². The van der Waals surface area contributed by atoms with Gasteiger partial charge in [-0.1, -0.05) is 45.0 Å². The van der Waals surface area contributed by atoms with Gasteiger partial charge in [0.15, 0.2) is 11.6 Å². The second-order valence-electron chi connectivity index (χ2n) is 10.7. The summed E-state index contributed by atoms with van der Waals surface area (Å²) in [6, 6.07) is 10.5. The van der Waals surface area contributed by atoms with Crippen molar-refractivity contribution in [1.29, 1.82) is 0 Å². The average Bonchev–Trinajstić information content (AvgIpc) is 2.90. The van der Waals surface area contributed by atoms with Gasteiger partial charge in [-0.2, -0.15) is 0 Å². The van der Waals surface area contributed by atoms with Crippen LogP contribution in [0.25, 0.3) is 0 Å². The number of anilines is 2. The maximum absolute atomic E-state index is 13.2. The molecule has 0 heterocycles. The Bertz CT molecular complexity index is 1080. The van der Waals surface area contributed by atoms with E-state index in [0.717, 1.165) is 26.1 Å². The molecule has 0 aliphatic heterocycles. The molecule has 0 aromatic heterocycles. The SMILES string of the molecule is CCC(C)(CC)SCC[NH+](C)CCC[NH+](C)CCCNc1ccc(N)c2c1C(=O)c1ccccc1C2=O. The van der Waals surface area contributed by atoms with Crippen LogP contribution in [-0.4, -0.2) is 68.9 Å². The molecule has 5 N–H and O–H groups in total. The molecule has 202 valence electrons. The quantitative estimate of drug-likeness (QED) is 0.181. The van der Waals surface area contributed by atoms with Crippen LogP contribution >= 0.6 is 11.8 Å². The van der Waals surface area contributed by atoms with Gasteiger partial charge in [0.2, 0.25) is 0 Å². The Morgan fingerprint density at radius 1 is 0.838 bits per heavy atom. The number of hydrogen-bond donors (Lipinski definition) is 4. The highest BCUT2D eigenvalue weighted by Crippen LogP contribution is 2.35. The van der Waals surface area contributed by atoms with Crippen LogP contribution in [0.3, 0.4) is 0 Å². The van der Waals surface area contributed by atoms with Crippen molar-refractivity contribution in [2.75, 3.05) is 63.6 Å². The van der Waals surface area contributed by atoms with Crippen molar-refractivity contribution in [1.82, 2.24) is 0 Å². The number of nitrogen functional groups attached to an aromatic ring is 1. The van der Waals surface area contributed by atoms with E-state index in [4.69, 9.17) is 5.73 Å². The van der Waals surface area contributed by atoms with Gasteiger partial charge in [0.1, 0.15) is 0 Å². The van der Waals surface area contributed by atoms with Gasteiger partial charge >= 0.3 is 0 Å². The number of thioether (sulfide) groups is 1. The molecular weight excluding hydrogens is 480 g/mol. The molecule has 1 aliphatic carbocycles. The molecule has 7 heteroatoms. The van der Waals surface area contributed by atoms with Crippen LogP contribution in [0.15, 0.2) is 36.4 Å². The lowest BCUT2D eigenvalue weighted by Crippen LogP contribution is -3.12. The fourth-order valence-corrected chi connectivity index (χ4v) is 6.23. The summed E-state index contributed by atoms with van der Waals surface area (Å²) in [4.78, 5) is 29.4. The Kier molecular flexibility index (Phi) is 10.6. The number of ketones is 2. The lowest BCUT2D eigenvalue weighted by Gasteiger charge is -2.26. The fourth-order valence-electron chi connectivity index (χ4n) is 4.88. The van der Waals surface area contributed by atoms with Gasteiger partial charge in [-0.05, 0) is 25.0 Å². The van der Waals surface area contributed by atoms with Gasteiger partial charge in [0.25, 0.3) is 0 Å². The van der Waals surface area contributed by atoms with E-state index in [2.05, 4.69) is 51.9 Å². The number of nitrogens with two attached hydrogens (primary N) is 1. The first-order chi connectivity index (χ1) is 17.7. The Morgan fingerprint density at radius 3 is 2.03 bits per heavy atom. The third kappa shape index (κ3) is 7.37. The van der Waals surface area contributed by atoms with Crippen molar-refractivity contribution in [2.45, 2.75) is 51.2 Å². The van der Waals surface area contributed by atoms with Gasteiger partial charge in [0, 0.05) is 52.4 Å². The summed E-state index contributed by atoms with van der Waals surface area (Å²) < 4.78 is 0.428. The molecule has 2 aromatic carbocycles. The van der Waals surface area contributed by atoms with Crippen LogP contribution in [0.1, 0.15) is 78.3 Å². The largest absolute Gasteiger partial charge is 0.398 e. The summed E-state index contributed by atoms with van der Waals surface area (Å²) >= 11 is 2.13. The molecule has 0 saturated heterocycles. The molecular formula is C30H46N4O2S+2. The fraction of sp³-hybridized carbons (Fsp3) is 0.533. The minimum Gasteiger partial charge on any atom is -0.398 e. The zero-order valence-corrected chi connectivity index (χ0v) is 24.2. The molecule has 0 saturated carbocycles. The molecule has 2 aromatic rings. The minimum atomic E-state index is -0.175. The Balaban J connectivity index is 1.42. The molecule has 6 nitrogen and oxygen atoms in total. The third-order valence-electron chi connectivity index (χ3n) is 7.89. The van der Waals surface area contributed by atoms with Gasteiger partial charge < -0.3 is 20.9 Å². The highest BCUT2D eigenvalue weighted by atomic mass is 32.2. The summed E-state index contributed by atoms with van der Waals surface area (Å²) in [5.74, 6) is 0.917. The number of nitrogens with one attached hydrogen (secondary N) is 3. The normalized spacial score (nSPS) is 14.7. The molecule has 0 spiro atoms. The Labute approximate surface area is 227 Å². The van der Waals surface area contributed by atoms with E-state index < -0.39 is 0 Å². The molecule has 0 bridgehead atoms. The average molecular weight is 527 g/mol. The first kappa shape index (κ1) is 29.2. The van der Waals surface area contributed by atoms with Crippen molar-refractivity contribution in [3.05, 3.63) is 58.7 Å².